The zero-order chi connectivity index (χ0) is 12.1. The highest BCUT2D eigenvalue weighted by Crippen LogP contribution is 2.32. The van der Waals surface area contributed by atoms with Crippen LogP contribution in [-0.4, -0.2) is 19.3 Å². The second-order valence-electron chi connectivity index (χ2n) is 4.55. The number of rotatable bonds is 6. The molecule has 1 aromatic rings. The Balaban J connectivity index is 1.99. The van der Waals surface area contributed by atoms with Crippen LogP contribution >= 0.6 is 27.3 Å². The van der Waals surface area contributed by atoms with Crippen LogP contribution in [0.2, 0.25) is 0 Å². The number of ether oxygens (including phenoxy) is 1. The molecule has 2 unspecified atom stereocenters. The summed E-state index contributed by atoms with van der Waals surface area (Å²) in [5.74, 6) is 0. The summed E-state index contributed by atoms with van der Waals surface area (Å²) >= 11 is 5.40. The van der Waals surface area contributed by atoms with Gasteiger partial charge in [0.2, 0.25) is 0 Å². The van der Waals surface area contributed by atoms with Gasteiger partial charge in [-0.3, -0.25) is 0 Å². The summed E-state index contributed by atoms with van der Waals surface area (Å²) in [6.07, 6.45) is 5.14. The van der Waals surface area contributed by atoms with Gasteiger partial charge in [0.1, 0.15) is 0 Å². The molecule has 17 heavy (non-hydrogen) atoms. The standard InChI is InChI=1S/C13H20BrNOS/c1-2-5-15-13(7-10-4-3-6-16-10)11-8-17-9-12(11)14/h8-10,13,15H,2-7H2,1H3. The van der Waals surface area contributed by atoms with Gasteiger partial charge in [-0.15, -0.1) is 0 Å². The maximum Gasteiger partial charge on any atom is 0.0594 e. The summed E-state index contributed by atoms with van der Waals surface area (Å²) in [5.41, 5.74) is 1.39. The second kappa shape index (κ2) is 6.88. The fourth-order valence-corrected chi connectivity index (χ4v) is 3.90. The molecule has 1 saturated heterocycles. The van der Waals surface area contributed by atoms with Crippen molar-refractivity contribution >= 4 is 27.3 Å². The zero-order valence-electron chi connectivity index (χ0n) is 10.2. The van der Waals surface area contributed by atoms with Gasteiger partial charge in [0.05, 0.1) is 6.10 Å². The molecule has 2 rings (SSSR count). The van der Waals surface area contributed by atoms with Gasteiger partial charge in [-0.1, -0.05) is 6.92 Å². The lowest BCUT2D eigenvalue weighted by Crippen LogP contribution is -2.26. The van der Waals surface area contributed by atoms with Crippen LogP contribution in [0.5, 0.6) is 0 Å². The fourth-order valence-electron chi connectivity index (χ4n) is 2.27. The summed E-state index contributed by atoms with van der Waals surface area (Å²) in [6.45, 7) is 4.22. The lowest BCUT2D eigenvalue weighted by molar-refractivity contribution is 0.0945. The molecule has 2 atom stereocenters. The van der Waals surface area contributed by atoms with Crippen LogP contribution in [0.25, 0.3) is 0 Å². The SMILES string of the molecule is CCCNC(CC1CCCO1)c1cscc1Br. The molecule has 2 heterocycles. The molecule has 4 heteroatoms. The summed E-state index contributed by atoms with van der Waals surface area (Å²) in [5, 5.41) is 8.04. The molecule has 1 aliphatic rings. The molecule has 0 amide bonds. The zero-order valence-corrected chi connectivity index (χ0v) is 12.6. The van der Waals surface area contributed by atoms with E-state index in [4.69, 9.17) is 4.74 Å². The summed E-state index contributed by atoms with van der Waals surface area (Å²) in [4.78, 5) is 0. The average Bonchev–Trinajstić information content (AvgIpc) is 2.95. The number of thiophene rings is 1. The van der Waals surface area contributed by atoms with Gasteiger partial charge in [-0.25, -0.2) is 0 Å². The van der Waals surface area contributed by atoms with Crippen molar-refractivity contribution in [1.82, 2.24) is 5.32 Å². The lowest BCUT2D eigenvalue weighted by atomic mass is 10.0. The number of nitrogens with one attached hydrogen (secondary N) is 1. The Kier molecular flexibility index (Phi) is 5.48. The van der Waals surface area contributed by atoms with E-state index >= 15 is 0 Å². The third kappa shape index (κ3) is 3.78. The Bertz CT molecular complexity index is 336. The second-order valence-corrected chi connectivity index (χ2v) is 6.15. The van der Waals surface area contributed by atoms with E-state index in [9.17, 15) is 0 Å². The van der Waals surface area contributed by atoms with Crippen LogP contribution in [0, 0.1) is 0 Å². The molecule has 2 nitrogen and oxygen atoms in total. The quantitative estimate of drug-likeness (QED) is 0.852. The topological polar surface area (TPSA) is 21.3 Å². The van der Waals surface area contributed by atoms with Gasteiger partial charge < -0.3 is 10.1 Å². The molecular formula is C13H20BrNOS. The highest BCUT2D eigenvalue weighted by molar-refractivity contribution is 9.10. The van der Waals surface area contributed by atoms with Crippen molar-refractivity contribution in [2.75, 3.05) is 13.2 Å². The molecule has 1 aromatic heterocycles. The minimum atomic E-state index is 0.429. The molecule has 1 N–H and O–H groups in total. The van der Waals surface area contributed by atoms with Crippen molar-refractivity contribution < 1.29 is 4.74 Å². The molecule has 96 valence electrons. The molecule has 1 aliphatic heterocycles. The van der Waals surface area contributed by atoms with Crippen LogP contribution in [0.4, 0.5) is 0 Å². The predicted octanol–water partition coefficient (Wildman–Crippen LogP) is 4.12. The van der Waals surface area contributed by atoms with Crippen molar-refractivity contribution in [3.05, 3.63) is 20.8 Å². The summed E-state index contributed by atoms with van der Waals surface area (Å²) in [6, 6.07) is 0.429. The van der Waals surface area contributed by atoms with Crippen molar-refractivity contribution in [3.8, 4) is 0 Å². The van der Waals surface area contributed by atoms with Gasteiger partial charge in [-0.2, -0.15) is 11.3 Å². The molecule has 0 radical (unpaired) electrons. The van der Waals surface area contributed by atoms with Gasteiger partial charge in [0, 0.05) is 22.5 Å². The van der Waals surface area contributed by atoms with Crippen molar-refractivity contribution in [3.63, 3.8) is 0 Å². The van der Waals surface area contributed by atoms with Gasteiger partial charge in [-0.05, 0) is 59.1 Å². The molecule has 1 fully saturated rings. The van der Waals surface area contributed by atoms with E-state index in [0.717, 1.165) is 19.6 Å². The van der Waals surface area contributed by atoms with Gasteiger partial charge in [0.25, 0.3) is 0 Å². The third-order valence-electron chi connectivity index (χ3n) is 3.18. The van der Waals surface area contributed by atoms with E-state index in [0.29, 0.717) is 12.1 Å². The largest absolute Gasteiger partial charge is 0.378 e. The highest BCUT2D eigenvalue weighted by Gasteiger charge is 2.23. The van der Waals surface area contributed by atoms with Crippen molar-refractivity contribution in [2.45, 2.75) is 44.8 Å². The third-order valence-corrected chi connectivity index (χ3v) is 4.93. The van der Waals surface area contributed by atoms with Crippen LogP contribution in [-0.2, 0) is 4.74 Å². The smallest absolute Gasteiger partial charge is 0.0594 e. The van der Waals surface area contributed by atoms with Crippen LogP contribution < -0.4 is 5.32 Å². The first-order valence-electron chi connectivity index (χ1n) is 6.37. The summed E-state index contributed by atoms with van der Waals surface area (Å²) < 4.78 is 6.98. The van der Waals surface area contributed by atoms with Crippen LogP contribution in [0.15, 0.2) is 15.2 Å². The minimum Gasteiger partial charge on any atom is -0.378 e. The number of halogens is 1. The van der Waals surface area contributed by atoms with Crippen molar-refractivity contribution in [1.29, 1.82) is 0 Å². The van der Waals surface area contributed by atoms with E-state index in [2.05, 4.69) is 38.9 Å². The number of hydrogen-bond acceptors (Lipinski definition) is 3. The van der Waals surface area contributed by atoms with E-state index in [1.165, 1.54) is 29.3 Å². The predicted molar refractivity (Wildman–Crippen MR) is 76.6 cm³/mol. The van der Waals surface area contributed by atoms with Gasteiger partial charge in [0.15, 0.2) is 0 Å². The highest BCUT2D eigenvalue weighted by atomic mass is 79.9. The Morgan fingerprint density at radius 3 is 3.06 bits per heavy atom. The minimum absolute atomic E-state index is 0.429. The Morgan fingerprint density at radius 1 is 1.59 bits per heavy atom. The van der Waals surface area contributed by atoms with Crippen LogP contribution in [0.1, 0.15) is 44.2 Å². The van der Waals surface area contributed by atoms with E-state index in [-0.39, 0.29) is 0 Å². The van der Waals surface area contributed by atoms with Crippen LogP contribution in [0.3, 0.4) is 0 Å². The van der Waals surface area contributed by atoms with Crippen molar-refractivity contribution in [2.24, 2.45) is 0 Å². The molecular weight excluding hydrogens is 298 g/mol. The van der Waals surface area contributed by atoms with E-state index < -0.39 is 0 Å². The Labute approximate surface area is 116 Å². The lowest BCUT2D eigenvalue weighted by Gasteiger charge is -2.21. The maximum absolute atomic E-state index is 5.75. The normalized spacial score (nSPS) is 21.9. The van der Waals surface area contributed by atoms with E-state index in [1.807, 2.05) is 0 Å². The maximum atomic E-state index is 5.75. The molecule has 0 bridgehead atoms. The Hall–Kier alpha value is 0.100. The van der Waals surface area contributed by atoms with Gasteiger partial charge >= 0.3 is 0 Å². The fraction of sp³-hybridized carbons (Fsp3) is 0.692. The first-order chi connectivity index (χ1) is 8.31. The van der Waals surface area contributed by atoms with E-state index in [1.54, 1.807) is 11.3 Å². The monoisotopic (exact) mass is 317 g/mol. The molecule has 0 aromatic carbocycles. The molecule has 0 saturated carbocycles. The summed E-state index contributed by atoms with van der Waals surface area (Å²) in [7, 11) is 0. The molecule has 0 spiro atoms. The average molecular weight is 318 g/mol. The molecule has 0 aliphatic carbocycles. The Morgan fingerprint density at radius 2 is 2.47 bits per heavy atom. The first-order valence-corrected chi connectivity index (χ1v) is 8.11. The first kappa shape index (κ1) is 13.5. The number of hydrogen-bond donors (Lipinski definition) is 1.